The quantitative estimate of drug-likeness (QED) is 0.495. The molecule has 6 nitrogen and oxygen atoms in total. The fourth-order valence-corrected chi connectivity index (χ4v) is 2.88. The van der Waals surface area contributed by atoms with E-state index in [-0.39, 0.29) is 12.2 Å². The van der Waals surface area contributed by atoms with Crippen molar-refractivity contribution in [2.45, 2.75) is 38.1 Å². The highest BCUT2D eigenvalue weighted by molar-refractivity contribution is 5.88. The topological polar surface area (TPSA) is 122 Å². The summed E-state index contributed by atoms with van der Waals surface area (Å²) in [5.74, 6) is -1.93. The summed E-state index contributed by atoms with van der Waals surface area (Å²) >= 11 is 0. The van der Waals surface area contributed by atoms with E-state index in [2.05, 4.69) is 4.98 Å². The molecule has 0 aliphatic heterocycles. The van der Waals surface area contributed by atoms with Gasteiger partial charge in [0.1, 0.15) is 5.78 Å². The van der Waals surface area contributed by atoms with Crippen molar-refractivity contribution in [2.24, 2.45) is 17.4 Å². The van der Waals surface area contributed by atoms with Crippen LogP contribution in [0.4, 0.5) is 0 Å². The van der Waals surface area contributed by atoms with E-state index < -0.39 is 17.9 Å². The average molecular weight is 331 g/mol. The van der Waals surface area contributed by atoms with Gasteiger partial charge in [-0.1, -0.05) is 24.6 Å². The van der Waals surface area contributed by atoms with Crippen LogP contribution in [0.2, 0.25) is 0 Å². The monoisotopic (exact) mass is 331 g/mol. The number of hydrogen-bond acceptors (Lipinski definition) is 4. The van der Waals surface area contributed by atoms with Gasteiger partial charge in [-0.2, -0.15) is 0 Å². The van der Waals surface area contributed by atoms with Crippen molar-refractivity contribution in [3.8, 4) is 0 Å². The molecule has 2 rings (SSSR count). The number of fused-ring (bicyclic) bond motifs is 1. The molecule has 0 saturated heterocycles. The third-order valence-corrected chi connectivity index (χ3v) is 4.32. The van der Waals surface area contributed by atoms with E-state index in [0.29, 0.717) is 19.4 Å². The van der Waals surface area contributed by atoms with Crippen LogP contribution in [0.15, 0.2) is 30.5 Å². The lowest BCUT2D eigenvalue weighted by molar-refractivity contribution is -0.143. The Bertz CT molecular complexity index is 696. The first-order valence-corrected chi connectivity index (χ1v) is 8.29. The number of H-pyrrole nitrogens is 1. The van der Waals surface area contributed by atoms with E-state index >= 15 is 0 Å². The molecular formula is C18H25N3O3. The van der Waals surface area contributed by atoms with Gasteiger partial charge in [-0.25, -0.2) is 0 Å². The number of aromatic amines is 1. The molecule has 6 N–H and O–H groups in total. The number of carbonyl (C=O) groups excluding carboxylic acids is 1. The molecule has 1 unspecified atom stereocenters. The number of nitrogens with one attached hydrogen (secondary N) is 1. The lowest BCUT2D eigenvalue weighted by Crippen LogP contribution is -2.34. The molecule has 130 valence electrons. The third kappa shape index (κ3) is 4.66. The van der Waals surface area contributed by atoms with Crippen LogP contribution in [0.25, 0.3) is 10.9 Å². The van der Waals surface area contributed by atoms with Gasteiger partial charge in [-0.3, -0.25) is 9.59 Å². The van der Waals surface area contributed by atoms with Crippen molar-refractivity contribution < 1.29 is 14.7 Å². The number of ketones is 1. The molecule has 24 heavy (non-hydrogen) atoms. The zero-order valence-corrected chi connectivity index (χ0v) is 13.7. The number of hydrogen-bond donors (Lipinski definition) is 4. The molecule has 0 bridgehead atoms. The fraction of sp³-hybridized carbons (Fsp3) is 0.444. The molecule has 2 atom stereocenters. The summed E-state index contributed by atoms with van der Waals surface area (Å²) in [6, 6.07) is 7.10. The number of carboxylic acids is 1. The van der Waals surface area contributed by atoms with Gasteiger partial charge in [0.15, 0.2) is 0 Å². The maximum Gasteiger partial charge on any atom is 0.307 e. The van der Waals surface area contributed by atoms with Crippen LogP contribution in [-0.4, -0.2) is 34.4 Å². The molecule has 1 heterocycles. The summed E-state index contributed by atoms with van der Waals surface area (Å²) in [5.41, 5.74) is 13.2. The van der Waals surface area contributed by atoms with E-state index in [1.807, 2.05) is 30.5 Å². The van der Waals surface area contributed by atoms with E-state index in [4.69, 9.17) is 11.5 Å². The van der Waals surface area contributed by atoms with Gasteiger partial charge in [0.2, 0.25) is 0 Å². The first-order chi connectivity index (χ1) is 11.5. The highest BCUT2D eigenvalue weighted by Crippen LogP contribution is 2.23. The van der Waals surface area contributed by atoms with E-state index in [9.17, 15) is 14.7 Å². The number of rotatable bonds is 10. The van der Waals surface area contributed by atoms with Gasteiger partial charge in [0.05, 0.1) is 12.0 Å². The smallest absolute Gasteiger partial charge is 0.307 e. The minimum atomic E-state index is -0.970. The van der Waals surface area contributed by atoms with Crippen molar-refractivity contribution in [2.75, 3.05) is 6.54 Å². The van der Waals surface area contributed by atoms with Gasteiger partial charge in [-0.15, -0.1) is 0 Å². The van der Waals surface area contributed by atoms with Gasteiger partial charge >= 0.3 is 5.97 Å². The predicted molar refractivity (Wildman–Crippen MR) is 93.6 cm³/mol. The van der Waals surface area contributed by atoms with Crippen molar-refractivity contribution in [1.29, 1.82) is 0 Å². The van der Waals surface area contributed by atoms with Crippen LogP contribution < -0.4 is 11.5 Å². The molecule has 0 aliphatic rings. The SMILES string of the molecule is NCCCC[C@H](N)C(=O)CC(Cc1c[nH]c2ccccc12)C(=O)O. The van der Waals surface area contributed by atoms with Crippen LogP contribution in [0.5, 0.6) is 0 Å². The number of unbranched alkanes of at least 4 members (excludes halogenated alkanes) is 1. The van der Waals surface area contributed by atoms with Gasteiger partial charge in [0.25, 0.3) is 0 Å². The second-order valence-corrected chi connectivity index (χ2v) is 6.16. The van der Waals surface area contributed by atoms with Crippen molar-refractivity contribution >= 4 is 22.7 Å². The maximum absolute atomic E-state index is 12.2. The number of aromatic nitrogens is 1. The number of nitrogens with two attached hydrogens (primary N) is 2. The van der Waals surface area contributed by atoms with E-state index in [1.165, 1.54) is 0 Å². The van der Waals surface area contributed by atoms with Gasteiger partial charge < -0.3 is 21.6 Å². The second-order valence-electron chi connectivity index (χ2n) is 6.16. The van der Waals surface area contributed by atoms with Gasteiger partial charge in [0, 0.05) is 23.5 Å². The third-order valence-electron chi connectivity index (χ3n) is 4.32. The standard InChI is InChI=1S/C18H25N3O3/c19-8-4-3-6-15(20)17(22)10-12(18(23)24)9-13-11-21-16-7-2-1-5-14(13)16/h1-2,5,7,11-12,15,21H,3-4,6,8-10,19-20H2,(H,23,24)/t12?,15-/m0/s1. The molecule has 0 fully saturated rings. The zero-order valence-electron chi connectivity index (χ0n) is 13.7. The molecular weight excluding hydrogens is 306 g/mol. The Morgan fingerprint density at radius 1 is 1.21 bits per heavy atom. The van der Waals surface area contributed by atoms with Crippen LogP contribution in [-0.2, 0) is 16.0 Å². The molecule has 0 saturated carbocycles. The van der Waals surface area contributed by atoms with E-state index in [1.54, 1.807) is 0 Å². The normalized spacial score (nSPS) is 13.8. The van der Waals surface area contributed by atoms with Crippen molar-refractivity contribution in [1.82, 2.24) is 4.98 Å². The number of para-hydroxylation sites is 1. The number of benzene rings is 1. The summed E-state index contributed by atoms with van der Waals surface area (Å²) in [7, 11) is 0. The van der Waals surface area contributed by atoms with Crippen molar-refractivity contribution in [3.05, 3.63) is 36.0 Å². The molecule has 2 aromatic rings. The Kier molecular flexibility index (Phi) is 6.52. The van der Waals surface area contributed by atoms with Crippen LogP contribution in [0, 0.1) is 5.92 Å². The predicted octanol–water partition coefficient (Wildman–Crippen LogP) is 1.83. The number of carbonyl (C=O) groups is 2. The van der Waals surface area contributed by atoms with Crippen LogP contribution >= 0.6 is 0 Å². The summed E-state index contributed by atoms with van der Waals surface area (Å²) in [5, 5.41) is 10.5. The number of Topliss-reactive ketones (excluding diaryl/α,β-unsaturated/α-hetero) is 1. The maximum atomic E-state index is 12.2. The highest BCUT2D eigenvalue weighted by Gasteiger charge is 2.25. The first kappa shape index (κ1) is 18.2. The molecule has 1 aromatic carbocycles. The Morgan fingerprint density at radius 3 is 2.67 bits per heavy atom. The molecule has 0 spiro atoms. The molecule has 0 radical (unpaired) electrons. The minimum absolute atomic E-state index is 0.0430. The Morgan fingerprint density at radius 2 is 1.96 bits per heavy atom. The molecule has 0 aliphatic carbocycles. The Hall–Kier alpha value is -2.18. The van der Waals surface area contributed by atoms with E-state index in [0.717, 1.165) is 29.3 Å². The fourth-order valence-electron chi connectivity index (χ4n) is 2.88. The van der Waals surface area contributed by atoms with Crippen LogP contribution in [0.3, 0.4) is 0 Å². The second kappa shape index (κ2) is 8.61. The highest BCUT2D eigenvalue weighted by atomic mass is 16.4. The number of carboxylic acid groups (broad SMARTS) is 1. The Labute approximate surface area is 141 Å². The largest absolute Gasteiger partial charge is 0.481 e. The minimum Gasteiger partial charge on any atom is -0.481 e. The summed E-state index contributed by atoms with van der Waals surface area (Å²) in [6.45, 7) is 0.569. The Balaban J connectivity index is 2.02. The van der Waals surface area contributed by atoms with Crippen molar-refractivity contribution in [3.63, 3.8) is 0 Å². The average Bonchev–Trinajstić information content (AvgIpc) is 2.97. The lowest BCUT2D eigenvalue weighted by Gasteiger charge is -2.15. The summed E-state index contributed by atoms with van der Waals surface area (Å²) in [6.07, 6.45) is 4.23. The molecule has 0 amide bonds. The summed E-state index contributed by atoms with van der Waals surface area (Å²) < 4.78 is 0. The zero-order chi connectivity index (χ0) is 17.5. The van der Waals surface area contributed by atoms with Gasteiger partial charge in [-0.05, 0) is 37.4 Å². The number of aliphatic carboxylic acids is 1. The molecule has 1 aromatic heterocycles. The first-order valence-electron chi connectivity index (χ1n) is 8.29. The summed E-state index contributed by atoms with van der Waals surface area (Å²) in [4.78, 5) is 26.9. The lowest BCUT2D eigenvalue weighted by atomic mass is 9.91. The molecule has 6 heteroatoms. The van der Waals surface area contributed by atoms with Crippen LogP contribution in [0.1, 0.15) is 31.2 Å².